The summed E-state index contributed by atoms with van der Waals surface area (Å²) in [4.78, 5) is 4.25. The Kier molecular flexibility index (Phi) is 3.90. The van der Waals surface area contributed by atoms with Crippen LogP contribution in [-0.4, -0.2) is 26.9 Å². The Morgan fingerprint density at radius 3 is 2.72 bits per heavy atom. The van der Waals surface area contributed by atoms with E-state index in [9.17, 15) is 0 Å². The van der Waals surface area contributed by atoms with Gasteiger partial charge in [-0.3, -0.25) is 4.57 Å². The zero-order valence-corrected chi connectivity index (χ0v) is 17.4. The molecule has 1 aromatic carbocycles. The van der Waals surface area contributed by atoms with Crippen LogP contribution in [0, 0.1) is 12.7 Å². The smallest absolute Gasteiger partial charge is 0.221 e. The fourth-order valence-electron chi connectivity index (χ4n) is 4.23. The lowest BCUT2D eigenvalue weighted by atomic mass is 9.90. The van der Waals surface area contributed by atoms with Crippen LogP contribution in [0.15, 0.2) is 18.3 Å². The summed E-state index contributed by atoms with van der Waals surface area (Å²) < 4.78 is 23.1. The van der Waals surface area contributed by atoms with E-state index in [0.29, 0.717) is 22.0 Å². The van der Waals surface area contributed by atoms with E-state index in [1.54, 1.807) is 12.1 Å². The summed E-state index contributed by atoms with van der Waals surface area (Å²) in [7, 11) is 1.53. The number of benzene rings is 1. The number of aryl methyl sites for hydroxylation is 1. The van der Waals surface area contributed by atoms with Crippen LogP contribution in [0.5, 0.6) is 5.88 Å². The van der Waals surface area contributed by atoms with Crippen LogP contribution in [0.3, 0.4) is 0 Å². The highest BCUT2D eigenvalue weighted by Crippen LogP contribution is 2.53. The molecule has 1 aliphatic heterocycles. The molecular formula is C21H21ClFN5O. The molecule has 3 heterocycles. The van der Waals surface area contributed by atoms with Gasteiger partial charge in [0.2, 0.25) is 5.88 Å². The van der Waals surface area contributed by atoms with Gasteiger partial charge in [0.1, 0.15) is 11.6 Å². The number of rotatable bonds is 3. The lowest BCUT2D eigenvalue weighted by Gasteiger charge is -2.35. The van der Waals surface area contributed by atoms with Crippen molar-refractivity contribution in [3.63, 3.8) is 0 Å². The van der Waals surface area contributed by atoms with Gasteiger partial charge in [0.05, 0.1) is 29.0 Å². The van der Waals surface area contributed by atoms with E-state index < -0.39 is 5.54 Å². The minimum atomic E-state index is -0.474. The van der Waals surface area contributed by atoms with Gasteiger partial charge in [-0.05, 0) is 57.2 Å². The van der Waals surface area contributed by atoms with Crippen molar-refractivity contribution < 1.29 is 9.13 Å². The van der Waals surface area contributed by atoms with Gasteiger partial charge in [0, 0.05) is 17.3 Å². The van der Waals surface area contributed by atoms with Gasteiger partial charge in [-0.15, -0.1) is 10.2 Å². The van der Waals surface area contributed by atoms with Crippen molar-refractivity contribution >= 4 is 17.3 Å². The third-order valence-corrected chi connectivity index (χ3v) is 5.82. The number of nitrogens with one attached hydrogen (secondary N) is 1. The van der Waals surface area contributed by atoms with Crippen LogP contribution in [0.1, 0.15) is 49.8 Å². The number of fused-ring (bicyclic) bond motifs is 3. The summed E-state index contributed by atoms with van der Waals surface area (Å²) in [6, 6.07) is 3.26. The first-order chi connectivity index (χ1) is 13.8. The molecule has 0 atom stereocenters. The predicted octanol–water partition coefficient (Wildman–Crippen LogP) is 4.98. The Morgan fingerprint density at radius 1 is 1.28 bits per heavy atom. The number of aromatic nitrogens is 4. The van der Waals surface area contributed by atoms with Crippen molar-refractivity contribution in [2.24, 2.45) is 0 Å². The maximum atomic E-state index is 15.6. The molecule has 3 aromatic rings. The summed E-state index contributed by atoms with van der Waals surface area (Å²) in [5.74, 6) is 1.84. The average Bonchev–Trinajstić information content (AvgIpc) is 3.42. The lowest BCUT2D eigenvalue weighted by Crippen LogP contribution is -2.36. The minimum absolute atomic E-state index is 0.246. The third kappa shape index (κ3) is 2.71. The molecule has 0 unspecified atom stereocenters. The third-order valence-electron chi connectivity index (χ3n) is 5.61. The van der Waals surface area contributed by atoms with Gasteiger partial charge in [-0.25, -0.2) is 9.37 Å². The highest BCUT2D eigenvalue weighted by Gasteiger charge is 2.40. The minimum Gasteiger partial charge on any atom is -0.481 e. The summed E-state index contributed by atoms with van der Waals surface area (Å²) >= 11 is 6.22. The fraction of sp³-hybridized carbons (Fsp3) is 0.381. The molecule has 0 amide bonds. The molecule has 0 spiro atoms. The Bertz CT molecular complexity index is 1150. The Morgan fingerprint density at radius 2 is 2.03 bits per heavy atom. The highest BCUT2D eigenvalue weighted by atomic mass is 35.5. The molecule has 0 saturated heterocycles. The molecule has 2 aliphatic rings. The van der Waals surface area contributed by atoms with Gasteiger partial charge in [0.25, 0.3) is 0 Å². The molecule has 1 saturated carbocycles. The molecule has 0 radical (unpaired) electrons. The van der Waals surface area contributed by atoms with Gasteiger partial charge in [-0.1, -0.05) is 11.6 Å². The second kappa shape index (κ2) is 6.16. The van der Waals surface area contributed by atoms with Crippen molar-refractivity contribution in [2.75, 3.05) is 12.4 Å². The normalized spacial score (nSPS) is 16.8. The Labute approximate surface area is 173 Å². The zero-order chi connectivity index (χ0) is 20.5. The molecule has 1 N–H and O–H groups in total. The zero-order valence-electron chi connectivity index (χ0n) is 16.7. The molecule has 8 heteroatoms. The highest BCUT2D eigenvalue weighted by molar-refractivity contribution is 6.30. The van der Waals surface area contributed by atoms with E-state index in [1.807, 2.05) is 25.3 Å². The maximum Gasteiger partial charge on any atom is 0.221 e. The van der Waals surface area contributed by atoms with E-state index in [0.717, 1.165) is 41.4 Å². The van der Waals surface area contributed by atoms with E-state index in [2.05, 4.69) is 20.5 Å². The van der Waals surface area contributed by atoms with Crippen molar-refractivity contribution in [1.82, 2.24) is 19.7 Å². The fourth-order valence-corrected chi connectivity index (χ4v) is 4.39. The van der Waals surface area contributed by atoms with Crippen molar-refractivity contribution in [3.05, 3.63) is 46.4 Å². The second-order valence-electron chi connectivity index (χ2n) is 8.18. The predicted molar refractivity (Wildman–Crippen MR) is 109 cm³/mol. The number of anilines is 1. The van der Waals surface area contributed by atoms with Crippen molar-refractivity contribution in [2.45, 2.75) is 45.1 Å². The van der Waals surface area contributed by atoms with Crippen LogP contribution in [-0.2, 0) is 5.54 Å². The number of halogens is 2. The summed E-state index contributed by atoms with van der Waals surface area (Å²) in [6.45, 7) is 5.95. The number of nitrogens with zero attached hydrogens (tertiary/aromatic N) is 4. The Hall–Kier alpha value is -2.67. The average molecular weight is 414 g/mol. The SMILES string of the molecule is COc1ncc(Cl)cc1-c1c(F)cc2c(c1C1CC1)-n1c(C)nnc1C(C)(C)N2. The molecule has 6 nitrogen and oxygen atoms in total. The van der Waals surface area contributed by atoms with Crippen molar-refractivity contribution in [1.29, 1.82) is 0 Å². The second-order valence-corrected chi connectivity index (χ2v) is 8.62. The number of methoxy groups -OCH3 is 1. The molecule has 29 heavy (non-hydrogen) atoms. The van der Waals surface area contributed by atoms with Gasteiger partial charge in [-0.2, -0.15) is 0 Å². The first-order valence-electron chi connectivity index (χ1n) is 9.59. The van der Waals surface area contributed by atoms with Crippen LogP contribution in [0.4, 0.5) is 10.1 Å². The van der Waals surface area contributed by atoms with E-state index >= 15 is 4.39 Å². The van der Waals surface area contributed by atoms with E-state index in [-0.39, 0.29) is 11.7 Å². The lowest BCUT2D eigenvalue weighted by molar-refractivity contribution is 0.399. The van der Waals surface area contributed by atoms with E-state index in [4.69, 9.17) is 16.3 Å². The number of hydrogen-bond acceptors (Lipinski definition) is 5. The van der Waals surface area contributed by atoms with Crippen LogP contribution < -0.4 is 10.1 Å². The van der Waals surface area contributed by atoms with Crippen molar-refractivity contribution in [3.8, 4) is 22.7 Å². The van der Waals surface area contributed by atoms with Gasteiger partial charge >= 0.3 is 0 Å². The van der Waals surface area contributed by atoms with Crippen LogP contribution in [0.2, 0.25) is 5.02 Å². The summed E-state index contributed by atoms with van der Waals surface area (Å²) in [6.07, 6.45) is 3.50. The first kappa shape index (κ1) is 18.4. The molecule has 2 aromatic heterocycles. The molecule has 1 fully saturated rings. The van der Waals surface area contributed by atoms with Crippen LogP contribution in [0.25, 0.3) is 16.8 Å². The number of pyridine rings is 1. The monoisotopic (exact) mass is 413 g/mol. The molecular weight excluding hydrogens is 393 g/mol. The van der Waals surface area contributed by atoms with Crippen LogP contribution >= 0.6 is 11.6 Å². The maximum absolute atomic E-state index is 15.6. The largest absolute Gasteiger partial charge is 0.481 e. The summed E-state index contributed by atoms with van der Waals surface area (Å²) in [5, 5.41) is 12.6. The molecule has 5 rings (SSSR count). The number of ether oxygens (including phenoxy) is 1. The van der Waals surface area contributed by atoms with E-state index in [1.165, 1.54) is 13.3 Å². The summed E-state index contributed by atoms with van der Waals surface area (Å²) in [5.41, 5.74) is 3.14. The quantitative estimate of drug-likeness (QED) is 0.656. The molecule has 150 valence electrons. The topological polar surface area (TPSA) is 64.9 Å². The number of hydrogen-bond donors (Lipinski definition) is 1. The van der Waals surface area contributed by atoms with Gasteiger partial charge in [0.15, 0.2) is 5.82 Å². The Balaban J connectivity index is 1.88. The molecule has 0 bridgehead atoms. The first-order valence-corrected chi connectivity index (χ1v) is 9.97. The van der Waals surface area contributed by atoms with Gasteiger partial charge < -0.3 is 10.1 Å². The molecule has 1 aliphatic carbocycles. The standard InChI is InChI=1S/C21H21ClFN5O/c1-10-26-27-20-21(2,3)25-15-8-14(23)17(13-7-12(22)9-24-19(13)29-4)16(11-5-6-11)18(15)28(10)20/h7-9,11,25H,5-6H2,1-4H3.